The molecule has 4 nitrogen and oxygen atoms in total. The van der Waals surface area contributed by atoms with Crippen LogP contribution >= 0.6 is 0 Å². The smallest absolute Gasteiger partial charge is 0.251 e. The Bertz CT molecular complexity index is 447. The van der Waals surface area contributed by atoms with Crippen molar-refractivity contribution in [2.75, 3.05) is 11.9 Å². The lowest BCUT2D eigenvalue weighted by atomic mass is 9.97. The van der Waals surface area contributed by atoms with E-state index in [1.54, 1.807) is 12.3 Å². The number of nitrogens with one attached hydrogen (secondary N) is 2. The van der Waals surface area contributed by atoms with E-state index in [9.17, 15) is 4.79 Å². The van der Waals surface area contributed by atoms with Gasteiger partial charge in [0.1, 0.15) is 5.82 Å². The van der Waals surface area contributed by atoms with Gasteiger partial charge in [0.25, 0.3) is 5.91 Å². The molecule has 104 valence electrons. The summed E-state index contributed by atoms with van der Waals surface area (Å²) in [5, 5.41) is 6.27. The van der Waals surface area contributed by atoms with Crippen LogP contribution in [0, 0.1) is 11.8 Å². The highest BCUT2D eigenvalue weighted by atomic mass is 16.1. The molecule has 2 N–H and O–H groups in total. The van der Waals surface area contributed by atoms with Gasteiger partial charge in [-0.1, -0.05) is 13.8 Å². The maximum Gasteiger partial charge on any atom is 0.251 e. The Hall–Kier alpha value is -1.58. The molecule has 3 unspecified atom stereocenters. The molecule has 0 spiro atoms. The average molecular weight is 261 g/mol. The lowest BCUT2D eigenvalue weighted by molar-refractivity contribution is 0.0927. The number of carbonyl (C=O) groups is 1. The fourth-order valence-electron chi connectivity index (χ4n) is 2.67. The first-order valence-corrected chi connectivity index (χ1v) is 7.12. The first-order valence-electron chi connectivity index (χ1n) is 7.12. The maximum absolute atomic E-state index is 12.2. The van der Waals surface area contributed by atoms with Crippen LogP contribution < -0.4 is 10.6 Å². The second kappa shape index (κ2) is 6.04. The van der Waals surface area contributed by atoms with Gasteiger partial charge in [-0.25, -0.2) is 4.98 Å². The fourth-order valence-corrected chi connectivity index (χ4v) is 2.67. The van der Waals surface area contributed by atoms with Gasteiger partial charge in [0.2, 0.25) is 0 Å². The third kappa shape index (κ3) is 3.25. The molecule has 1 aromatic heterocycles. The van der Waals surface area contributed by atoms with E-state index in [2.05, 4.69) is 29.5 Å². The molecule has 0 saturated heterocycles. The third-order valence-electron chi connectivity index (χ3n) is 4.16. The predicted molar refractivity (Wildman–Crippen MR) is 77.2 cm³/mol. The molecule has 0 aromatic carbocycles. The standard InChI is InChI=1S/C15H23N3O/c1-4-16-14-9-12(7-8-17-14)15(19)18-13-6-5-10(2)11(13)3/h7-11,13H,4-6H2,1-3H3,(H,16,17)(H,18,19). The van der Waals surface area contributed by atoms with E-state index in [0.29, 0.717) is 23.4 Å². The monoisotopic (exact) mass is 261 g/mol. The van der Waals surface area contributed by atoms with Gasteiger partial charge in [-0.05, 0) is 43.7 Å². The van der Waals surface area contributed by atoms with Crippen LogP contribution in [0.1, 0.15) is 44.0 Å². The highest BCUT2D eigenvalue weighted by Crippen LogP contribution is 2.31. The number of pyridine rings is 1. The first-order chi connectivity index (χ1) is 9.11. The van der Waals surface area contributed by atoms with Crippen LogP contribution in [0.25, 0.3) is 0 Å². The number of anilines is 1. The largest absolute Gasteiger partial charge is 0.370 e. The number of hydrogen-bond donors (Lipinski definition) is 2. The lowest BCUT2D eigenvalue weighted by Gasteiger charge is -2.19. The van der Waals surface area contributed by atoms with E-state index in [1.165, 1.54) is 6.42 Å². The number of carbonyl (C=O) groups excluding carboxylic acids is 1. The molecule has 1 aliphatic carbocycles. The molecule has 0 radical (unpaired) electrons. The molecular formula is C15H23N3O. The molecule has 1 amide bonds. The molecular weight excluding hydrogens is 238 g/mol. The van der Waals surface area contributed by atoms with Crippen molar-refractivity contribution in [1.29, 1.82) is 0 Å². The first kappa shape index (κ1) is 13.8. The van der Waals surface area contributed by atoms with Crippen LogP contribution in [0.2, 0.25) is 0 Å². The van der Waals surface area contributed by atoms with E-state index in [0.717, 1.165) is 18.8 Å². The SMILES string of the molecule is CCNc1cc(C(=O)NC2CCC(C)C2C)ccn1. The van der Waals surface area contributed by atoms with Crippen molar-refractivity contribution in [2.24, 2.45) is 11.8 Å². The predicted octanol–water partition coefficient (Wildman–Crippen LogP) is 2.68. The highest BCUT2D eigenvalue weighted by molar-refractivity contribution is 5.95. The van der Waals surface area contributed by atoms with Gasteiger partial charge in [-0.3, -0.25) is 4.79 Å². The van der Waals surface area contributed by atoms with Crippen LogP contribution in [0.15, 0.2) is 18.3 Å². The minimum absolute atomic E-state index is 0.00695. The minimum atomic E-state index is 0.00695. The molecule has 1 heterocycles. The van der Waals surface area contributed by atoms with Crippen molar-refractivity contribution in [3.63, 3.8) is 0 Å². The second-order valence-electron chi connectivity index (χ2n) is 5.45. The Morgan fingerprint density at radius 1 is 1.42 bits per heavy atom. The number of amides is 1. The number of hydrogen-bond acceptors (Lipinski definition) is 3. The van der Waals surface area contributed by atoms with Crippen LogP contribution in [0.5, 0.6) is 0 Å². The van der Waals surface area contributed by atoms with Gasteiger partial charge in [-0.15, -0.1) is 0 Å². The zero-order valence-electron chi connectivity index (χ0n) is 11.9. The van der Waals surface area contributed by atoms with Crippen LogP contribution in [-0.2, 0) is 0 Å². The molecule has 1 saturated carbocycles. The van der Waals surface area contributed by atoms with E-state index < -0.39 is 0 Å². The summed E-state index contributed by atoms with van der Waals surface area (Å²) in [6.07, 6.45) is 3.96. The van der Waals surface area contributed by atoms with E-state index in [1.807, 2.05) is 13.0 Å². The number of nitrogens with zero attached hydrogens (tertiary/aromatic N) is 1. The Morgan fingerprint density at radius 3 is 2.84 bits per heavy atom. The lowest BCUT2D eigenvalue weighted by Crippen LogP contribution is -2.37. The van der Waals surface area contributed by atoms with Crippen molar-refractivity contribution in [3.8, 4) is 0 Å². The van der Waals surface area contributed by atoms with Crippen molar-refractivity contribution in [1.82, 2.24) is 10.3 Å². The number of rotatable bonds is 4. The second-order valence-corrected chi connectivity index (χ2v) is 5.45. The molecule has 1 fully saturated rings. The van der Waals surface area contributed by atoms with Crippen LogP contribution in [0.4, 0.5) is 5.82 Å². The van der Waals surface area contributed by atoms with Crippen molar-refractivity contribution >= 4 is 11.7 Å². The summed E-state index contributed by atoms with van der Waals surface area (Å²) in [4.78, 5) is 16.4. The summed E-state index contributed by atoms with van der Waals surface area (Å²) in [6.45, 7) is 7.29. The Balaban J connectivity index is 2.01. The van der Waals surface area contributed by atoms with Gasteiger partial charge in [0, 0.05) is 24.3 Å². The van der Waals surface area contributed by atoms with Crippen LogP contribution in [0.3, 0.4) is 0 Å². The summed E-state index contributed by atoms with van der Waals surface area (Å²) in [7, 11) is 0. The van der Waals surface area contributed by atoms with Gasteiger partial charge in [0.05, 0.1) is 0 Å². The zero-order valence-corrected chi connectivity index (χ0v) is 11.9. The highest BCUT2D eigenvalue weighted by Gasteiger charge is 2.30. The van der Waals surface area contributed by atoms with Crippen molar-refractivity contribution < 1.29 is 4.79 Å². The summed E-state index contributed by atoms with van der Waals surface area (Å²) in [6, 6.07) is 3.87. The fraction of sp³-hybridized carbons (Fsp3) is 0.600. The molecule has 3 atom stereocenters. The molecule has 1 aliphatic rings. The molecule has 2 rings (SSSR count). The normalized spacial score (nSPS) is 26.2. The van der Waals surface area contributed by atoms with Crippen molar-refractivity contribution in [3.05, 3.63) is 23.9 Å². The molecule has 1 aromatic rings. The molecule has 19 heavy (non-hydrogen) atoms. The molecule has 0 bridgehead atoms. The summed E-state index contributed by atoms with van der Waals surface area (Å²) in [5.74, 6) is 2.01. The van der Waals surface area contributed by atoms with Gasteiger partial charge >= 0.3 is 0 Å². The van der Waals surface area contributed by atoms with E-state index in [-0.39, 0.29) is 5.91 Å². The van der Waals surface area contributed by atoms with E-state index >= 15 is 0 Å². The maximum atomic E-state index is 12.2. The van der Waals surface area contributed by atoms with Gasteiger partial charge < -0.3 is 10.6 Å². The summed E-state index contributed by atoms with van der Waals surface area (Å²) in [5.41, 5.74) is 0.678. The number of aromatic nitrogens is 1. The Labute approximate surface area is 115 Å². The van der Waals surface area contributed by atoms with Crippen LogP contribution in [-0.4, -0.2) is 23.5 Å². The quantitative estimate of drug-likeness (QED) is 0.876. The molecule has 4 heteroatoms. The topological polar surface area (TPSA) is 54.0 Å². The molecule has 0 aliphatic heterocycles. The third-order valence-corrected chi connectivity index (χ3v) is 4.16. The summed E-state index contributed by atoms with van der Waals surface area (Å²) >= 11 is 0. The average Bonchev–Trinajstić information content (AvgIpc) is 2.71. The van der Waals surface area contributed by atoms with E-state index in [4.69, 9.17) is 0 Å². The summed E-state index contributed by atoms with van der Waals surface area (Å²) < 4.78 is 0. The van der Waals surface area contributed by atoms with Gasteiger partial charge in [0.15, 0.2) is 0 Å². The van der Waals surface area contributed by atoms with Crippen molar-refractivity contribution in [2.45, 2.75) is 39.7 Å². The Kier molecular flexibility index (Phi) is 4.40. The minimum Gasteiger partial charge on any atom is -0.370 e. The Morgan fingerprint density at radius 2 is 2.21 bits per heavy atom. The zero-order chi connectivity index (χ0) is 13.8. The van der Waals surface area contributed by atoms with Gasteiger partial charge in [-0.2, -0.15) is 0 Å².